The Labute approximate surface area is 148 Å². The predicted octanol–water partition coefficient (Wildman–Crippen LogP) is 4.39. The molecule has 130 valence electrons. The number of aryl methyl sites for hydroxylation is 1. The number of nitrogens with zero attached hydrogens (tertiary/aromatic N) is 1. The summed E-state index contributed by atoms with van der Waals surface area (Å²) in [5.41, 5.74) is 2.99. The lowest BCUT2D eigenvalue weighted by atomic mass is 10.0. The van der Waals surface area contributed by atoms with Crippen LogP contribution in [0.15, 0.2) is 59.5 Å². The maximum atomic E-state index is 13.3. The van der Waals surface area contributed by atoms with Gasteiger partial charge in [-0.3, -0.25) is 0 Å². The Bertz CT molecular complexity index is 974. The number of aromatic nitrogens is 1. The van der Waals surface area contributed by atoms with Gasteiger partial charge in [-0.05, 0) is 55.0 Å². The van der Waals surface area contributed by atoms with Gasteiger partial charge in [0.2, 0.25) is 10.0 Å². The number of H-pyrrole nitrogens is 1. The first-order valence-corrected chi connectivity index (χ1v) is 10.2. The smallest absolute Gasteiger partial charge is 0.243 e. The number of piperidine rings is 1. The lowest BCUT2D eigenvalue weighted by molar-refractivity contribution is 0.252. The SMILES string of the molecule is Cc1cccc(S(=O)(=O)N2CCCCC2c2cc3ccccc3[nH]2)c1. The van der Waals surface area contributed by atoms with E-state index in [1.165, 1.54) is 0 Å². The molecule has 1 aromatic heterocycles. The van der Waals surface area contributed by atoms with E-state index < -0.39 is 10.0 Å². The molecule has 0 aliphatic carbocycles. The Morgan fingerprint density at radius 2 is 1.88 bits per heavy atom. The van der Waals surface area contributed by atoms with Crippen LogP contribution in [-0.4, -0.2) is 24.3 Å². The molecule has 1 saturated heterocycles. The molecule has 5 heteroatoms. The highest BCUT2D eigenvalue weighted by Gasteiger charge is 2.35. The molecule has 0 radical (unpaired) electrons. The van der Waals surface area contributed by atoms with Crippen molar-refractivity contribution in [2.24, 2.45) is 0 Å². The standard InChI is InChI=1S/C20H22N2O2S/c1-15-7-6-9-17(13-15)25(23,24)22-12-5-4-11-20(22)19-14-16-8-2-3-10-18(16)21-19/h2-3,6-10,13-14,20-21H,4-5,11-12H2,1H3. The molecule has 1 unspecified atom stereocenters. The van der Waals surface area contributed by atoms with E-state index in [9.17, 15) is 8.42 Å². The Morgan fingerprint density at radius 1 is 1.04 bits per heavy atom. The van der Waals surface area contributed by atoms with Crippen LogP contribution in [0.3, 0.4) is 0 Å². The summed E-state index contributed by atoms with van der Waals surface area (Å²) in [5.74, 6) is 0. The minimum absolute atomic E-state index is 0.133. The van der Waals surface area contributed by atoms with Gasteiger partial charge in [-0.15, -0.1) is 0 Å². The van der Waals surface area contributed by atoms with Crippen molar-refractivity contribution in [1.29, 1.82) is 0 Å². The lowest BCUT2D eigenvalue weighted by Gasteiger charge is -2.34. The monoisotopic (exact) mass is 354 g/mol. The molecule has 0 saturated carbocycles. The summed E-state index contributed by atoms with van der Waals surface area (Å²) < 4.78 is 28.2. The van der Waals surface area contributed by atoms with Gasteiger partial charge < -0.3 is 4.98 Å². The van der Waals surface area contributed by atoms with E-state index in [2.05, 4.69) is 17.1 Å². The van der Waals surface area contributed by atoms with Crippen LogP contribution in [0.1, 0.15) is 36.6 Å². The summed E-state index contributed by atoms with van der Waals surface area (Å²) in [4.78, 5) is 3.81. The third-order valence-corrected chi connectivity index (χ3v) is 6.86. The van der Waals surface area contributed by atoms with E-state index >= 15 is 0 Å². The fourth-order valence-electron chi connectivity index (χ4n) is 3.69. The fourth-order valence-corrected chi connectivity index (χ4v) is 5.47. The average Bonchev–Trinajstić information content (AvgIpc) is 3.06. The number of aromatic amines is 1. The molecule has 2 heterocycles. The molecule has 0 spiro atoms. The topological polar surface area (TPSA) is 53.2 Å². The van der Waals surface area contributed by atoms with E-state index in [0.717, 1.165) is 41.4 Å². The predicted molar refractivity (Wildman–Crippen MR) is 100.0 cm³/mol. The van der Waals surface area contributed by atoms with Crippen molar-refractivity contribution in [1.82, 2.24) is 9.29 Å². The molecule has 1 aliphatic rings. The molecule has 0 bridgehead atoms. The van der Waals surface area contributed by atoms with Gasteiger partial charge in [-0.1, -0.05) is 36.8 Å². The second kappa shape index (κ2) is 6.32. The summed E-state index contributed by atoms with van der Waals surface area (Å²) in [5, 5.41) is 1.12. The quantitative estimate of drug-likeness (QED) is 0.758. The molecule has 4 rings (SSSR count). The van der Waals surface area contributed by atoms with E-state index in [1.807, 2.05) is 37.3 Å². The van der Waals surface area contributed by atoms with Crippen molar-refractivity contribution in [2.75, 3.05) is 6.54 Å². The van der Waals surface area contributed by atoms with Crippen LogP contribution < -0.4 is 0 Å². The molecule has 1 atom stereocenters. The maximum absolute atomic E-state index is 13.3. The molecule has 2 aromatic carbocycles. The van der Waals surface area contributed by atoms with Crippen molar-refractivity contribution in [3.63, 3.8) is 0 Å². The van der Waals surface area contributed by atoms with Crippen LogP contribution >= 0.6 is 0 Å². The summed E-state index contributed by atoms with van der Waals surface area (Å²) in [6.45, 7) is 2.49. The largest absolute Gasteiger partial charge is 0.357 e. The van der Waals surface area contributed by atoms with Crippen LogP contribution in [0, 0.1) is 6.92 Å². The zero-order chi connectivity index (χ0) is 17.4. The second-order valence-corrected chi connectivity index (χ2v) is 8.65. The van der Waals surface area contributed by atoms with Crippen molar-refractivity contribution >= 4 is 20.9 Å². The number of hydrogen-bond acceptors (Lipinski definition) is 2. The Morgan fingerprint density at radius 3 is 2.68 bits per heavy atom. The summed E-state index contributed by atoms with van der Waals surface area (Å²) in [6, 6.07) is 17.2. The number of nitrogens with one attached hydrogen (secondary N) is 1. The van der Waals surface area contributed by atoms with Gasteiger partial charge in [0.1, 0.15) is 0 Å². The van der Waals surface area contributed by atoms with Crippen LogP contribution in [0.25, 0.3) is 10.9 Å². The molecule has 1 N–H and O–H groups in total. The zero-order valence-corrected chi connectivity index (χ0v) is 15.1. The van der Waals surface area contributed by atoms with Gasteiger partial charge in [0.15, 0.2) is 0 Å². The van der Waals surface area contributed by atoms with Gasteiger partial charge in [-0.25, -0.2) is 8.42 Å². The summed E-state index contributed by atoms with van der Waals surface area (Å²) in [7, 11) is -3.51. The van der Waals surface area contributed by atoms with E-state index in [1.54, 1.807) is 16.4 Å². The Hall–Kier alpha value is -2.11. The minimum Gasteiger partial charge on any atom is -0.357 e. The first kappa shape index (κ1) is 16.4. The molecule has 25 heavy (non-hydrogen) atoms. The highest BCUT2D eigenvalue weighted by molar-refractivity contribution is 7.89. The van der Waals surface area contributed by atoms with Crippen LogP contribution in [0.4, 0.5) is 0 Å². The highest BCUT2D eigenvalue weighted by Crippen LogP contribution is 2.36. The molecule has 3 aromatic rings. The Kier molecular flexibility index (Phi) is 4.13. The number of hydrogen-bond donors (Lipinski definition) is 1. The van der Waals surface area contributed by atoms with Crippen LogP contribution in [0.5, 0.6) is 0 Å². The average molecular weight is 354 g/mol. The molecule has 0 amide bonds. The summed E-state index contributed by atoms with van der Waals surface area (Å²) in [6.07, 6.45) is 2.79. The third-order valence-electron chi connectivity index (χ3n) is 4.96. The lowest BCUT2D eigenvalue weighted by Crippen LogP contribution is -2.38. The van der Waals surface area contributed by atoms with Gasteiger partial charge in [0.25, 0.3) is 0 Å². The number of fused-ring (bicyclic) bond motifs is 1. The number of benzene rings is 2. The minimum atomic E-state index is -3.51. The number of rotatable bonds is 3. The van der Waals surface area contributed by atoms with Crippen LogP contribution in [-0.2, 0) is 10.0 Å². The van der Waals surface area contributed by atoms with Gasteiger partial charge >= 0.3 is 0 Å². The highest BCUT2D eigenvalue weighted by atomic mass is 32.2. The molecular formula is C20H22N2O2S. The first-order valence-electron chi connectivity index (χ1n) is 8.72. The van der Waals surface area contributed by atoms with Gasteiger partial charge in [-0.2, -0.15) is 4.31 Å². The van der Waals surface area contributed by atoms with E-state index in [0.29, 0.717) is 11.4 Å². The second-order valence-electron chi connectivity index (χ2n) is 6.76. The third kappa shape index (κ3) is 2.98. The van der Waals surface area contributed by atoms with Crippen molar-refractivity contribution in [3.05, 3.63) is 65.9 Å². The maximum Gasteiger partial charge on any atom is 0.243 e. The molecule has 4 nitrogen and oxygen atoms in total. The molecule has 1 aliphatic heterocycles. The normalized spacial score (nSPS) is 19.3. The zero-order valence-electron chi connectivity index (χ0n) is 14.3. The molecular weight excluding hydrogens is 332 g/mol. The summed E-state index contributed by atoms with van der Waals surface area (Å²) >= 11 is 0. The van der Waals surface area contributed by atoms with Crippen molar-refractivity contribution in [2.45, 2.75) is 37.1 Å². The first-order chi connectivity index (χ1) is 12.1. The van der Waals surface area contributed by atoms with Gasteiger partial charge in [0, 0.05) is 17.8 Å². The van der Waals surface area contributed by atoms with Crippen LogP contribution in [0.2, 0.25) is 0 Å². The van der Waals surface area contributed by atoms with E-state index in [-0.39, 0.29) is 6.04 Å². The van der Waals surface area contributed by atoms with Crippen molar-refractivity contribution in [3.8, 4) is 0 Å². The molecule has 1 fully saturated rings. The fraction of sp³-hybridized carbons (Fsp3) is 0.300. The van der Waals surface area contributed by atoms with E-state index in [4.69, 9.17) is 0 Å². The van der Waals surface area contributed by atoms with Gasteiger partial charge in [0.05, 0.1) is 10.9 Å². The van der Waals surface area contributed by atoms with Crippen molar-refractivity contribution < 1.29 is 8.42 Å². The Balaban J connectivity index is 1.76. The number of para-hydroxylation sites is 1. The number of sulfonamides is 1.